The summed E-state index contributed by atoms with van der Waals surface area (Å²) in [4.78, 5) is 11.4. The zero-order valence-corrected chi connectivity index (χ0v) is 15.4. The van der Waals surface area contributed by atoms with E-state index in [1.54, 1.807) is 18.4 Å². The zero-order valence-electron chi connectivity index (χ0n) is 14.6. The highest BCUT2D eigenvalue weighted by Crippen LogP contribution is 2.14. The number of guanidine groups is 1. The van der Waals surface area contributed by atoms with E-state index in [4.69, 9.17) is 0 Å². The number of rotatable bonds is 6. The number of nitrogens with one attached hydrogen (secondary N) is 2. The molecule has 0 aliphatic rings. The van der Waals surface area contributed by atoms with Crippen molar-refractivity contribution in [2.75, 3.05) is 7.05 Å². The van der Waals surface area contributed by atoms with Gasteiger partial charge in [-0.3, -0.25) is 4.99 Å². The SMILES string of the molecule is CN=C(NCc1ccc(C)s1)NCc1nccn1Cc1ccccc1. The summed E-state index contributed by atoms with van der Waals surface area (Å²) in [6.45, 7) is 4.34. The Morgan fingerprint density at radius 3 is 2.64 bits per heavy atom. The van der Waals surface area contributed by atoms with E-state index in [-0.39, 0.29) is 0 Å². The van der Waals surface area contributed by atoms with Crippen LogP contribution in [0, 0.1) is 6.92 Å². The molecule has 2 heterocycles. The van der Waals surface area contributed by atoms with Gasteiger partial charge in [-0.15, -0.1) is 11.3 Å². The summed E-state index contributed by atoms with van der Waals surface area (Å²) < 4.78 is 2.15. The van der Waals surface area contributed by atoms with Crippen molar-refractivity contribution in [1.82, 2.24) is 20.2 Å². The first-order valence-electron chi connectivity index (χ1n) is 8.28. The lowest BCUT2D eigenvalue weighted by Crippen LogP contribution is -2.36. The van der Waals surface area contributed by atoms with Crippen molar-refractivity contribution in [3.05, 3.63) is 76.0 Å². The quantitative estimate of drug-likeness (QED) is 0.529. The second kappa shape index (κ2) is 8.48. The number of benzene rings is 1. The molecule has 2 N–H and O–H groups in total. The molecule has 0 fully saturated rings. The predicted molar refractivity (Wildman–Crippen MR) is 104 cm³/mol. The monoisotopic (exact) mass is 353 g/mol. The third-order valence-corrected chi connectivity index (χ3v) is 4.86. The molecule has 0 saturated carbocycles. The van der Waals surface area contributed by atoms with Crippen molar-refractivity contribution in [2.24, 2.45) is 4.99 Å². The van der Waals surface area contributed by atoms with Crippen LogP contribution in [0.4, 0.5) is 0 Å². The Balaban J connectivity index is 1.54. The molecule has 0 saturated heterocycles. The molecule has 6 heteroatoms. The van der Waals surface area contributed by atoms with Crippen molar-refractivity contribution in [2.45, 2.75) is 26.6 Å². The Morgan fingerprint density at radius 1 is 1.12 bits per heavy atom. The molecular weight excluding hydrogens is 330 g/mol. The van der Waals surface area contributed by atoms with E-state index in [2.05, 4.69) is 68.5 Å². The minimum atomic E-state index is 0.628. The Bertz CT molecular complexity index is 819. The summed E-state index contributed by atoms with van der Waals surface area (Å²) in [5.41, 5.74) is 1.26. The van der Waals surface area contributed by atoms with E-state index in [9.17, 15) is 0 Å². The van der Waals surface area contributed by atoms with Crippen LogP contribution in [-0.4, -0.2) is 22.6 Å². The standard InChI is InChI=1S/C19H23N5S/c1-15-8-9-17(25-15)12-22-19(20-2)23-13-18-21-10-11-24(18)14-16-6-4-3-5-7-16/h3-11H,12-14H2,1-2H3,(H2,20,22,23). The van der Waals surface area contributed by atoms with Gasteiger partial charge >= 0.3 is 0 Å². The van der Waals surface area contributed by atoms with Gasteiger partial charge in [-0.25, -0.2) is 4.98 Å². The number of aryl methyl sites for hydroxylation is 1. The molecule has 130 valence electrons. The topological polar surface area (TPSA) is 54.2 Å². The van der Waals surface area contributed by atoms with Gasteiger partial charge in [-0.2, -0.15) is 0 Å². The average molecular weight is 353 g/mol. The van der Waals surface area contributed by atoms with Gasteiger partial charge in [0.2, 0.25) is 0 Å². The van der Waals surface area contributed by atoms with E-state index in [1.807, 2.05) is 18.5 Å². The molecule has 0 spiro atoms. The Labute approximate surface area is 152 Å². The highest BCUT2D eigenvalue weighted by molar-refractivity contribution is 7.11. The smallest absolute Gasteiger partial charge is 0.191 e. The largest absolute Gasteiger partial charge is 0.352 e. The van der Waals surface area contributed by atoms with Crippen molar-refractivity contribution >= 4 is 17.3 Å². The van der Waals surface area contributed by atoms with Gasteiger partial charge in [-0.1, -0.05) is 30.3 Å². The van der Waals surface area contributed by atoms with E-state index >= 15 is 0 Å². The molecule has 5 nitrogen and oxygen atoms in total. The molecular formula is C19H23N5S. The Morgan fingerprint density at radius 2 is 1.92 bits per heavy atom. The van der Waals surface area contributed by atoms with Gasteiger partial charge < -0.3 is 15.2 Å². The molecule has 0 aliphatic carbocycles. The normalized spacial score (nSPS) is 11.5. The fraction of sp³-hybridized carbons (Fsp3) is 0.263. The molecule has 2 aromatic heterocycles. The number of hydrogen-bond acceptors (Lipinski definition) is 3. The summed E-state index contributed by atoms with van der Waals surface area (Å²) in [5.74, 6) is 1.76. The number of hydrogen-bond donors (Lipinski definition) is 2. The van der Waals surface area contributed by atoms with Crippen LogP contribution in [0.25, 0.3) is 0 Å². The number of aromatic nitrogens is 2. The van der Waals surface area contributed by atoms with Crippen LogP contribution < -0.4 is 10.6 Å². The van der Waals surface area contributed by atoms with Gasteiger partial charge in [-0.05, 0) is 24.6 Å². The third-order valence-electron chi connectivity index (χ3n) is 3.86. The summed E-state index contributed by atoms with van der Waals surface area (Å²) in [6.07, 6.45) is 3.85. The highest BCUT2D eigenvalue weighted by atomic mass is 32.1. The summed E-state index contributed by atoms with van der Waals surface area (Å²) in [6, 6.07) is 14.7. The first-order valence-corrected chi connectivity index (χ1v) is 9.10. The van der Waals surface area contributed by atoms with Crippen LogP contribution in [0.3, 0.4) is 0 Å². The van der Waals surface area contributed by atoms with Gasteiger partial charge in [0, 0.05) is 35.7 Å². The van der Waals surface area contributed by atoms with Crippen molar-refractivity contribution < 1.29 is 0 Å². The fourth-order valence-electron chi connectivity index (χ4n) is 2.57. The van der Waals surface area contributed by atoms with E-state index < -0.39 is 0 Å². The highest BCUT2D eigenvalue weighted by Gasteiger charge is 2.06. The van der Waals surface area contributed by atoms with Crippen LogP contribution in [0.15, 0.2) is 59.9 Å². The molecule has 3 aromatic rings. The number of imidazole rings is 1. The summed E-state index contributed by atoms with van der Waals surface area (Å²) in [5, 5.41) is 6.68. The lowest BCUT2D eigenvalue weighted by molar-refractivity contribution is 0.688. The van der Waals surface area contributed by atoms with E-state index in [0.717, 1.165) is 24.9 Å². The second-order valence-corrected chi connectivity index (χ2v) is 7.12. The molecule has 25 heavy (non-hydrogen) atoms. The molecule has 1 aromatic carbocycles. The summed E-state index contributed by atoms with van der Waals surface area (Å²) in [7, 11) is 1.78. The molecule has 3 rings (SSSR count). The Hall–Kier alpha value is -2.60. The number of nitrogens with zero attached hydrogens (tertiary/aromatic N) is 3. The average Bonchev–Trinajstić information content (AvgIpc) is 3.25. The maximum atomic E-state index is 4.46. The lowest BCUT2D eigenvalue weighted by Gasteiger charge is -2.12. The second-order valence-electron chi connectivity index (χ2n) is 5.75. The first-order chi connectivity index (χ1) is 12.2. The molecule has 0 aliphatic heterocycles. The van der Waals surface area contributed by atoms with Crippen molar-refractivity contribution in [3.8, 4) is 0 Å². The van der Waals surface area contributed by atoms with Crippen molar-refractivity contribution in [1.29, 1.82) is 0 Å². The predicted octanol–water partition coefficient (Wildman–Crippen LogP) is 3.17. The van der Waals surface area contributed by atoms with Gasteiger partial charge in [0.15, 0.2) is 5.96 Å². The van der Waals surface area contributed by atoms with Gasteiger partial charge in [0.05, 0.1) is 13.1 Å². The maximum Gasteiger partial charge on any atom is 0.191 e. The molecule has 0 atom stereocenters. The number of thiophene rings is 1. The molecule has 0 radical (unpaired) electrons. The minimum absolute atomic E-state index is 0.628. The zero-order chi connectivity index (χ0) is 17.5. The van der Waals surface area contributed by atoms with E-state index in [1.165, 1.54) is 15.3 Å². The Kier molecular flexibility index (Phi) is 5.85. The molecule has 0 unspecified atom stereocenters. The van der Waals surface area contributed by atoms with Crippen LogP contribution >= 0.6 is 11.3 Å². The van der Waals surface area contributed by atoms with Crippen LogP contribution in [0.5, 0.6) is 0 Å². The van der Waals surface area contributed by atoms with E-state index in [0.29, 0.717) is 6.54 Å². The maximum absolute atomic E-state index is 4.46. The fourth-order valence-corrected chi connectivity index (χ4v) is 3.40. The third kappa shape index (κ3) is 4.93. The van der Waals surface area contributed by atoms with Gasteiger partial charge in [0.25, 0.3) is 0 Å². The van der Waals surface area contributed by atoms with Gasteiger partial charge in [0.1, 0.15) is 5.82 Å². The first kappa shape index (κ1) is 17.2. The molecule has 0 amide bonds. The number of aliphatic imine (C=N–C) groups is 1. The van der Waals surface area contributed by atoms with Crippen LogP contribution in [0.1, 0.15) is 21.1 Å². The van der Waals surface area contributed by atoms with Crippen LogP contribution in [-0.2, 0) is 19.6 Å². The van der Waals surface area contributed by atoms with Crippen molar-refractivity contribution in [3.63, 3.8) is 0 Å². The molecule has 0 bridgehead atoms. The summed E-state index contributed by atoms with van der Waals surface area (Å²) >= 11 is 1.80. The van der Waals surface area contributed by atoms with Crippen LogP contribution in [0.2, 0.25) is 0 Å². The lowest BCUT2D eigenvalue weighted by atomic mass is 10.2. The minimum Gasteiger partial charge on any atom is -0.352 e.